The van der Waals surface area contributed by atoms with Crippen molar-refractivity contribution in [3.8, 4) is 0 Å². The fourth-order valence-corrected chi connectivity index (χ4v) is 3.95. The van der Waals surface area contributed by atoms with E-state index in [9.17, 15) is 0 Å². The molecule has 3 atom stereocenters. The second-order valence-electron chi connectivity index (χ2n) is 6.61. The zero-order chi connectivity index (χ0) is 14.1. The number of halogens is 1. The van der Waals surface area contributed by atoms with Gasteiger partial charge in [-0.15, -0.1) is 0 Å². The Labute approximate surface area is 127 Å². The first kappa shape index (κ1) is 14.4. The first-order valence-electron chi connectivity index (χ1n) is 7.84. The van der Waals surface area contributed by atoms with Crippen LogP contribution in [0.2, 0.25) is 5.02 Å². The van der Waals surface area contributed by atoms with Crippen molar-refractivity contribution in [3.05, 3.63) is 34.9 Å². The van der Waals surface area contributed by atoms with Crippen LogP contribution in [0, 0.1) is 0 Å². The fraction of sp³-hybridized carbons (Fsp3) is 0.647. The topological polar surface area (TPSA) is 15.3 Å². The van der Waals surface area contributed by atoms with Gasteiger partial charge in [0.15, 0.2) is 0 Å². The lowest BCUT2D eigenvalue weighted by atomic mass is 9.96. The molecule has 1 N–H and O–H groups in total. The minimum Gasteiger partial charge on any atom is -0.311 e. The van der Waals surface area contributed by atoms with E-state index in [1.165, 1.54) is 31.2 Å². The molecule has 3 heteroatoms. The van der Waals surface area contributed by atoms with Crippen LogP contribution in [-0.2, 0) is 6.42 Å². The second-order valence-corrected chi connectivity index (χ2v) is 7.04. The molecule has 2 heterocycles. The first-order chi connectivity index (χ1) is 9.61. The van der Waals surface area contributed by atoms with E-state index in [0.29, 0.717) is 6.04 Å². The Bertz CT molecular complexity index is 433. The summed E-state index contributed by atoms with van der Waals surface area (Å²) in [7, 11) is 2.30. The molecule has 0 spiro atoms. The molecule has 0 aromatic heterocycles. The van der Waals surface area contributed by atoms with Gasteiger partial charge in [-0.05, 0) is 63.8 Å². The number of rotatable bonds is 4. The Morgan fingerprint density at radius 1 is 1.20 bits per heavy atom. The molecule has 1 aromatic carbocycles. The molecule has 2 bridgehead atoms. The number of piperidine rings is 1. The number of hydrogen-bond acceptors (Lipinski definition) is 2. The average Bonchev–Trinajstić information content (AvgIpc) is 2.79. The molecule has 0 saturated carbocycles. The Balaban J connectivity index is 1.58. The highest BCUT2D eigenvalue weighted by Gasteiger charge is 2.35. The molecule has 0 aliphatic carbocycles. The highest BCUT2D eigenvalue weighted by molar-refractivity contribution is 6.30. The number of nitrogens with zero attached hydrogens (tertiary/aromatic N) is 1. The van der Waals surface area contributed by atoms with Crippen LogP contribution in [0.15, 0.2) is 24.3 Å². The largest absolute Gasteiger partial charge is 0.311 e. The predicted octanol–water partition coefficient (Wildman–Crippen LogP) is 3.49. The number of nitrogens with one attached hydrogen (secondary N) is 1. The Hall–Kier alpha value is -0.570. The Kier molecular flexibility index (Phi) is 4.34. The van der Waals surface area contributed by atoms with E-state index in [1.54, 1.807) is 0 Å². The first-order valence-corrected chi connectivity index (χ1v) is 8.22. The monoisotopic (exact) mass is 292 g/mol. The number of benzene rings is 1. The number of fused-ring (bicyclic) bond motifs is 2. The molecular weight excluding hydrogens is 268 g/mol. The molecule has 110 valence electrons. The van der Waals surface area contributed by atoms with Crippen LogP contribution in [0.25, 0.3) is 0 Å². The molecule has 3 unspecified atom stereocenters. The van der Waals surface area contributed by atoms with E-state index in [2.05, 4.69) is 36.3 Å². The van der Waals surface area contributed by atoms with Gasteiger partial charge in [0.1, 0.15) is 0 Å². The van der Waals surface area contributed by atoms with E-state index < -0.39 is 0 Å². The lowest BCUT2D eigenvalue weighted by molar-refractivity contribution is 0.132. The van der Waals surface area contributed by atoms with Gasteiger partial charge in [-0.25, -0.2) is 0 Å². The smallest absolute Gasteiger partial charge is 0.0406 e. The third-order valence-electron chi connectivity index (χ3n) is 5.16. The zero-order valence-corrected chi connectivity index (χ0v) is 13.2. The predicted molar refractivity (Wildman–Crippen MR) is 85.3 cm³/mol. The summed E-state index contributed by atoms with van der Waals surface area (Å²) in [6.07, 6.45) is 6.49. The van der Waals surface area contributed by atoms with Gasteiger partial charge in [-0.2, -0.15) is 0 Å². The summed E-state index contributed by atoms with van der Waals surface area (Å²) in [6, 6.07) is 11.2. The molecule has 0 radical (unpaired) electrons. The molecule has 1 aromatic rings. The van der Waals surface area contributed by atoms with Gasteiger partial charge in [0.05, 0.1) is 0 Å². The maximum atomic E-state index is 5.95. The summed E-state index contributed by atoms with van der Waals surface area (Å²) in [5.41, 5.74) is 1.38. The van der Waals surface area contributed by atoms with Crippen LogP contribution in [0.4, 0.5) is 0 Å². The van der Waals surface area contributed by atoms with Crippen molar-refractivity contribution in [2.75, 3.05) is 7.05 Å². The van der Waals surface area contributed by atoms with Crippen LogP contribution < -0.4 is 5.32 Å². The molecule has 3 rings (SSSR count). The molecule has 2 saturated heterocycles. The van der Waals surface area contributed by atoms with Crippen LogP contribution in [0.5, 0.6) is 0 Å². The SMILES string of the molecule is CC(Cc1ccc(Cl)cc1)N(C)C1CC2CCC(C1)N2. The van der Waals surface area contributed by atoms with Crippen LogP contribution in [0.1, 0.15) is 38.2 Å². The molecule has 2 aliphatic heterocycles. The summed E-state index contributed by atoms with van der Waals surface area (Å²) in [5, 5.41) is 4.55. The molecular formula is C17H25ClN2. The summed E-state index contributed by atoms with van der Waals surface area (Å²) in [5.74, 6) is 0. The van der Waals surface area contributed by atoms with Gasteiger partial charge >= 0.3 is 0 Å². The highest BCUT2D eigenvalue weighted by Crippen LogP contribution is 2.30. The number of hydrogen-bond donors (Lipinski definition) is 1. The van der Waals surface area contributed by atoms with Crippen molar-refractivity contribution >= 4 is 11.6 Å². The van der Waals surface area contributed by atoms with E-state index in [-0.39, 0.29) is 0 Å². The van der Waals surface area contributed by atoms with Crippen LogP contribution >= 0.6 is 11.6 Å². The van der Waals surface area contributed by atoms with E-state index in [0.717, 1.165) is 29.6 Å². The molecule has 20 heavy (non-hydrogen) atoms. The molecule has 2 aliphatic rings. The van der Waals surface area contributed by atoms with E-state index >= 15 is 0 Å². The van der Waals surface area contributed by atoms with Gasteiger partial charge in [0.25, 0.3) is 0 Å². The van der Waals surface area contributed by atoms with Gasteiger partial charge in [-0.3, -0.25) is 0 Å². The van der Waals surface area contributed by atoms with Gasteiger partial charge in [-0.1, -0.05) is 23.7 Å². The highest BCUT2D eigenvalue weighted by atomic mass is 35.5. The maximum absolute atomic E-state index is 5.95. The minimum atomic E-state index is 0.582. The normalized spacial score (nSPS) is 30.7. The Morgan fingerprint density at radius 2 is 1.80 bits per heavy atom. The average molecular weight is 293 g/mol. The summed E-state index contributed by atoms with van der Waals surface area (Å²) >= 11 is 5.95. The third-order valence-corrected chi connectivity index (χ3v) is 5.42. The van der Waals surface area contributed by atoms with Crippen molar-refractivity contribution in [1.82, 2.24) is 10.2 Å². The maximum Gasteiger partial charge on any atom is 0.0406 e. The number of likely N-dealkylation sites (N-methyl/N-ethyl adjacent to an activating group) is 1. The molecule has 2 nitrogen and oxygen atoms in total. The van der Waals surface area contributed by atoms with E-state index in [1.807, 2.05) is 12.1 Å². The van der Waals surface area contributed by atoms with Crippen LogP contribution in [0.3, 0.4) is 0 Å². The zero-order valence-electron chi connectivity index (χ0n) is 12.5. The third kappa shape index (κ3) is 3.19. The van der Waals surface area contributed by atoms with Crippen molar-refractivity contribution in [2.45, 2.75) is 63.2 Å². The van der Waals surface area contributed by atoms with Gasteiger partial charge < -0.3 is 10.2 Å². The van der Waals surface area contributed by atoms with Gasteiger partial charge in [0.2, 0.25) is 0 Å². The van der Waals surface area contributed by atoms with Gasteiger partial charge in [0, 0.05) is 29.2 Å². The standard InChI is InChI=1S/C17H25ClN2/c1-12(9-13-3-5-14(18)6-4-13)20(2)17-10-15-7-8-16(11-17)19-15/h3-6,12,15-17,19H,7-11H2,1-2H3. The molecule has 0 amide bonds. The second kappa shape index (κ2) is 6.05. The lowest BCUT2D eigenvalue weighted by Crippen LogP contribution is -2.49. The van der Waals surface area contributed by atoms with Crippen molar-refractivity contribution in [3.63, 3.8) is 0 Å². The fourth-order valence-electron chi connectivity index (χ4n) is 3.83. The minimum absolute atomic E-state index is 0.582. The summed E-state index contributed by atoms with van der Waals surface area (Å²) in [6.45, 7) is 2.35. The van der Waals surface area contributed by atoms with Crippen molar-refractivity contribution < 1.29 is 0 Å². The van der Waals surface area contributed by atoms with Crippen molar-refractivity contribution in [1.29, 1.82) is 0 Å². The lowest BCUT2D eigenvalue weighted by Gasteiger charge is -2.39. The quantitative estimate of drug-likeness (QED) is 0.914. The summed E-state index contributed by atoms with van der Waals surface area (Å²) in [4.78, 5) is 2.60. The van der Waals surface area contributed by atoms with E-state index in [4.69, 9.17) is 11.6 Å². The molecule has 2 fully saturated rings. The Morgan fingerprint density at radius 3 is 2.40 bits per heavy atom. The van der Waals surface area contributed by atoms with Crippen LogP contribution in [-0.4, -0.2) is 36.1 Å². The summed E-state index contributed by atoms with van der Waals surface area (Å²) < 4.78 is 0. The van der Waals surface area contributed by atoms with Crippen molar-refractivity contribution in [2.24, 2.45) is 0 Å².